The number of carbonyl (C=O) groups is 3. The van der Waals surface area contributed by atoms with Crippen molar-refractivity contribution in [1.82, 2.24) is 25.2 Å². The van der Waals surface area contributed by atoms with E-state index in [1.54, 1.807) is 30.8 Å². The minimum absolute atomic E-state index is 0.123. The van der Waals surface area contributed by atoms with Crippen molar-refractivity contribution in [3.05, 3.63) is 40.4 Å². The third kappa shape index (κ3) is 9.15. The molecule has 0 spiro atoms. The van der Waals surface area contributed by atoms with E-state index in [9.17, 15) is 14.4 Å². The van der Waals surface area contributed by atoms with Crippen LogP contribution < -0.4 is 5.32 Å². The predicted molar refractivity (Wildman–Crippen MR) is 147 cm³/mol. The molecule has 1 aliphatic rings. The van der Waals surface area contributed by atoms with Crippen LogP contribution in [-0.4, -0.2) is 63.9 Å². The van der Waals surface area contributed by atoms with Gasteiger partial charge in [0.2, 0.25) is 5.91 Å². The maximum absolute atomic E-state index is 13.1. The van der Waals surface area contributed by atoms with E-state index in [1.807, 2.05) is 11.9 Å². The first-order valence-corrected chi connectivity index (χ1v) is 14.4. The zero-order valence-electron chi connectivity index (χ0n) is 23.2. The Labute approximate surface area is 229 Å². The number of amides is 2. The van der Waals surface area contributed by atoms with Crippen molar-refractivity contribution in [3.63, 3.8) is 0 Å². The second-order valence-corrected chi connectivity index (χ2v) is 11.6. The van der Waals surface area contributed by atoms with Crippen LogP contribution in [0.2, 0.25) is 0 Å². The number of aromatic nitrogens is 3. The number of methoxy groups -OCH3 is 1. The van der Waals surface area contributed by atoms with Crippen LogP contribution in [0, 0.1) is 17.8 Å². The molecular formula is C28H41N5O4S. The van der Waals surface area contributed by atoms with E-state index in [1.165, 1.54) is 31.3 Å². The number of aryl methyl sites for hydroxylation is 1. The Hall–Kier alpha value is -2.88. The lowest BCUT2D eigenvalue weighted by Gasteiger charge is -2.31. The summed E-state index contributed by atoms with van der Waals surface area (Å²) in [6, 6.07) is 1.50. The van der Waals surface area contributed by atoms with Gasteiger partial charge >= 0.3 is 5.97 Å². The van der Waals surface area contributed by atoms with Crippen LogP contribution >= 0.6 is 11.3 Å². The number of nitrogens with zero attached hydrogens (tertiary/aromatic N) is 4. The van der Waals surface area contributed by atoms with Gasteiger partial charge in [0.05, 0.1) is 18.0 Å². The Morgan fingerprint density at radius 3 is 2.53 bits per heavy atom. The van der Waals surface area contributed by atoms with Crippen LogP contribution in [0.4, 0.5) is 0 Å². The van der Waals surface area contributed by atoms with Crippen LogP contribution in [0.15, 0.2) is 23.8 Å². The molecule has 2 heterocycles. The van der Waals surface area contributed by atoms with Gasteiger partial charge < -0.3 is 15.0 Å². The Balaban J connectivity index is 1.59. The highest BCUT2D eigenvalue weighted by atomic mass is 32.1. The van der Waals surface area contributed by atoms with E-state index in [0.717, 1.165) is 23.8 Å². The van der Waals surface area contributed by atoms with E-state index < -0.39 is 5.92 Å². The molecule has 38 heavy (non-hydrogen) atoms. The fraction of sp³-hybridized carbons (Fsp3) is 0.643. The molecule has 0 aliphatic heterocycles. The number of ether oxygens (including phenoxy) is 1. The zero-order chi connectivity index (χ0) is 27.7. The summed E-state index contributed by atoms with van der Waals surface area (Å²) >= 11 is 1.45. The molecule has 1 fully saturated rings. The third-order valence-electron chi connectivity index (χ3n) is 7.19. The van der Waals surface area contributed by atoms with Crippen LogP contribution in [-0.2, 0) is 27.2 Å². The van der Waals surface area contributed by atoms with E-state index in [4.69, 9.17) is 4.74 Å². The number of hydrogen-bond acceptors (Lipinski definition) is 8. The Bertz CT molecular complexity index is 1060. The Morgan fingerprint density at radius 2 is 1.89 bits per heavy atom. The van der Waals surface area contributed by atoms with Crippen molar-refractivity contribution in [1.29, 1.82) is 0 Å². The van der Waals surface area contributed by atoms with Crippen LogP contribution in [0.25, 0.3) is 0 Å². The molecule has 3 rings (SSSR count). The molecule has 10 heteroatoms. The fourth-order valence-corrected chi connectivity index (χ4v) is 5.50. The van der Waals surface area contributed by atoms with Gasteiger partial charge in [-0.3, -0.25) is 14.4 Å². The molecule has 1 aliphatic carbocycles. The number of esters is 1. The molecule has 3 atom stereocenters. The first-order chi connectivity index (χ1) is 18.2. The molecule has 2 amide bonds. The third-order valence-corrected chi connectivity index (χ3v) is 8.10. The molecule has 1 saturated carbocycles. The SMILES string of the molecule is COC(=O)[C@@H](C)C[C@H](Cc1ncccn1)NC(=O)c1csc(CCC(C(C)C)N(C)C(=O)CCC2CC2)n1. The lowest BCUT2D eigenvalue weighted by molar-refractivity contribution is -0.145. The summed E-state index contributed by atoms with van der Waals surface area (Å²) in [5.74, 6) is 0.854. The number of hydrogen-bond donors (Lipinski definition) is 1. The van der Waals surface area contributed by atoms with Crippen molar-refractivity contribution in [2.45, 2.75) is 84.2 Å². The van der Waals surface area contributed by atoms with E-state index in [-0.39, 0.29) is 29.9 Å². The highest BCUT2D eigenvalue weighted by Crippen LogP contribution is 2.33. The summed E-state index contributed by atoms with van der Waals surface area (Å²) in [6.07, 6.45) is 9.72. The van der Waals surface area contributed by atoms with E-state index in [2.05, 4.69) is 34.1 Å². The average molecular weight is 544 g/mol. The van der Waals surface area contributed by atoms with E-state index >= 15 is 0 Å². The van der Waals surface area contributed by atoms with Crippen LogP contribution in [0.1, 0.15) is 80.6 Å². The molecule has 0 bridgehead atoms. The topological polar surface area (TPSA) is 114 Å². The molecule has 9 nitrogen and oxygen atoms in total. The summed E-state index contributed by atoms with van der Waals surface area (Å²) < 4.78 is 4.86. The smallest absolute Gasteiger partial charge is 0.308 e. The lowest BCUT2D eigenvalue weighted by atomic mass is 9.97. The lowest BCUT2D eigenvalue weighted by Crippen LogP contribution is -2.40. The molecule has 1 N–H and O–H groups in total. The second-order valence-electron chi connectivity index (χ2n) is 10.7. The molecule has 2 aromatic rings. The van der Waals surface area contributed by atoms with Gasteiger partial charge in [-0.25, -0.2) is 15.0 Å². The van der Waals surface area contributed by atoms with Crippen molar-refractivity contribution in [3.8, 4) is 0 Å². The number of thiazole rings is 1. The minimum atomic E-state index is -0.392. The van der Waals surface area contributed by atoms with Gasteiger partial charge in [0, 0.05) is 56.2 Å². The van der Waals surface area contributed by atoms with Gasteiger partial charge in [0.25, 0.3) is 5.91 Å². The standard InChI is InChI=1S/C28H41N5O4S/c1-18(2)23(33(4)26(34)12-9-20-7-8-20)10-11-25-32-22(17-38-25)27(35)31-21(15-19(3)28(36)37-5)16-24-29-13-6-14-30-24/h6,13-14,17-21,23H,7-12,15-16H2,1-5H3,(H,31,35)/t19-,21+,23?/m0/s1. The molecule has 1 unspecified atom stereocenters. The minimum Gasteiger partial charge on any atom is -0.469 e. The molecule has 0 aromatic carbocycles. The summed E-state index contributed by atoms with van der Waals surface area (Å²) in [5, 5.41) is 5.64. The summed E-state index contributed by atoms with van der Waals surface area (Å²) in [7, 11) is 3.27. The van der Waals surface area contributed by atoms with Gasteiger partial charge in [-0.1, -0.05) is 33.6 Å². The monoisotopic (exact) mass is 543 g/mol. The maximum atomic E-state index is 13.1. The molecule has 208 valence electrons. The number of nitrogens with one attached hydrogen (secondary N) is 1. The van der Waals surface area contributed by atoms with Crippen molar-refractivity contribution < 1.29 is 19.1 Å². The summed E-state index contributed by atoms with van der Waals surface area (Å²) in [6.45, 7) is 6.06. The van der Waals surface area contributed by atoms with Crippen molar-refractivity contribution >= 4 is 29.1 Å². The van der Waals surface area contributed by atoms with Crippen LogP contribution in [0.3, 0.4) is 0 Å². The van der Waals surface area contributed by atoms with Gasteiger partial charge in [-0.05, 0) is 37.2 Å². The Morgan fingerprint density at radius 1 is 1.18 bits per heavy atom. The van der Waals surface area contributed by atoms with Crippen molar-refractivity contribution in [2.75, 3.05) is 14.2 Å². The second kappa shape index (κ2) is 14.3. The van der Waals surface area contributed by atoms with Gasteiger partial charge in [-0.15, -0.1) is 11.3 Å². The highest BCUT2D eigenvalue weighted by molar-refractivity contribution is 7.09. The van der Waals surface area contributed by atoms with Crippen LogP contribution in [0.5, 0.6) is 0 Å². The highest BCUT2D eigenvalue weighted by Gasteiger charge is 2.27. The molecule has 0 radical (unpaired) electrons. The normalized spacial score (nSPS) is 15.5. The zero-order valence-corrected chi connectivity index (χ0v) is 24.0. The predicted octanol–water partition coefficient (Wildman–Crippen LogP) is 4.08. The fourth-order valence-electron chi connectivity index (χ4n) is 4.70. The van der Waals surface area contributed by atoms with Crippen molar-refractivity contribution in [2.24, 2.45) is 17.8 Å². The van der Waals surface area contributed by atoms with E-state index in [0.29, 0.717) is 43.1 Å². The Kier molecular flexibility index (Phi) is 11.2. The summed E-state index contributed by atoms with van der Waals surface area (Å²) in [5.41, 5.74) is 0.352. The van der Waals surface area contributed by atoms with Gasteiger partial charge in [0.15, 0.2) is 0 Å². The number of rotatable bonds is 15. The van der Waals surface area contributed by atoms with Gasteiger partial charge in [0.1, 0.15) is 11.5 Å². The first kappa shape index (κ1) is 29.7. The average Bonchev–Trinajstić information content (AvgIpc) is 3.61. The van der Waals surface area contributed by atoms with Gasteiger partial charge in [-0.2, -0.15) is 0 Å². The number of carbonyl (C=O) groups excluding carboxylic acids is 3. The maximum Gasteiger partial charge on any atom is 0.308 e. The largest absolute Gasteiger partial charge is 0.469 e. The quantitative estimate of drug-likeness (QED) is 0.337. The first-order valence-electron chi connectivity index (χ1n) is 13.5. The molecular weight excluding hydrogens is 502 g/mol. The molecule has 0 saturated heterocycles. The molecule has 2 aromatic heterocycles. The summed E-state index contributed by atoms with van der Waals surface area (Å²) in [4.78, 5) is 52.8.